The molecule has 2 heterocycles. The number of nitrogens with one attached hydrogen (secondary N) is 2. The number of carbonyl (C=O) groups is 1. The van der Waals surface area contributed by atoms with E-state index in [0.717, 1.165) is 5.69 Å². The molecule has 2 aromatic carbocycles. The third-order valence-corrected chi connectivity index (χ3v) is 3.88. The van der Waals surface area contributed by atoms with Crippen molar-refractivity contribution in [2.24, 2.45) is 0 Å². The predicted octanol–water partition coefficient (Wildman–Crippen LogP) is 3.21. The summed E-state index contributed by atoms with van der Waals surface area (Å²) in [6, 6.07) is 12.6. The highest BCUT2D eigenvalue weighted by atomic mass is 16.7. The zero-order valence-corrected chi connectivity index (χ0v) is 14.4. The molecular weight excluding hydrogens is 348 g/mol. The molecule has 0 saturated carbocycles. The highest BCUT2D eigenvalue weighted by Gasteiger charge is 2.15. The summed E-state index contributed by atoms with van der Waals surface area (Å²) in [6.45, 7) is 0.179. The molecule has 136 valence electrons. The van der Waals surface area contributed by atoms with Crippen molar-refractivity contribution in [1.82, 2.24) is 9.97 Å². The Kier molecular flexibility index (Phi) is 4.44. The largest absolute Gasteiger partial charge is 0.495 e. The van der Waals surface area contributed by atoms with Gasteiger partial charge in [-0.3, -0.25) is 4.79 Å². The Labute approximate surface area is 155 Å². The van der Waals surface area contributed by atoms with Gasteiger partial charge < -0.3 is 24.8 Å². The van der Waals surface area contributed by atoms with Crippen LogP contribution in [-0.4, -0.2) is 29.8 Å². The lowest BCUT2D eigenvalue weighted by atomic mass is 10.2. The van der Waals surface area contributed by atoms with Gasteiger partial charge in [0, 0.05) is 11.8 Å². The summed E-state index contributed by atoms with van der Waals surface area (Å²) in [5, 5.41) is 5.86. The molecule has 4 rings (SSSR count). The fraction of sp³-hybridized carbons (Fsp3) is 0.105. The first-order valence-electron chi connectivity index (χ1n) is 8.16. The van der Waals surface area contributed by atoms with E-state index < -0.39 is 0 Å². The van der Waals surface area contributed by atoms with Crippen LogP contribution in [0.2, 0.25) is 0 Å². The SMILES string of the molecule is COc1ccccc1Nc1cnc(C(=O)Nc2ccc3c(c2)OCO3)cn1. The number of benzene rings is 2. The highest BCUT2D eigenvalue weighted by Crippen LogP contribution is 2.34. The summed E-state index contributed by atoms with van der Waals surface area (Å²) in [5.74, 6) is 2.06. The van der Waals surface area contributed by atoms with E-state index in [0.29, 0.717) is 28.8 Å². The maximum absolute atomic E-state index is 12.4. The van der Waals surface area contributed by atoms with E-state index in [1.54, 1.807) is 25.3 Å². The van der Waals surface area contributed by atoms with Crippen molar-refractivity contribution < 1.29 is 19.0 Å². The first kappa shape index (κ1) is 16.6. The van der Waals surface area contributed by atoms with E-state index in [1.807, 2.05) is 24.3 Å². The van der Waals surface area contributed by atoms with E-state index in [9.17, 15) is 4.79 Å². The number of hydrogen-bond donors (Lipinski definition) is 2. The van der Waals surface area contributed by atoms with Crippen LogP contribution in [-0.2, 0) is 0 Å². The molecule has 0 unspecified atom stereocenters. The van der Waals surface area contributed by atoms with Gasteiger partial charge in [0.25, 0.3) is 5.91 Å². The van der Waals surface area contributed by atoms with Gasteiger partial charge in [-0.15, -0.1) is 0 Å². The predicted molar refractivity (Wildman–Crippen MR) is 98.8 cm³/mol. The van der Waals surface area contributed by atoms with Crippen LogP contribution < -0.4 is 24.8 Å². The van der Waals surface area contributed by atoms with E-state index >= 15 is 0 Å². The van der Waals surface area contributed by atoms with Gasteiger partial charge in [0.2, 0.25) is 6.79 Å². The number of carbonyl (C=O) groups excluding carboxylic acids is 1. The summed E-state index contributed by atoms with van der Waals surface area (Å²) < 4.78 is 15.8. The lowest BCUT2D eigenvalue weighted by Crippen LogP contribution is -2.14. The van der Waals surface area contributed by atoms with Gasteiger partial charge in [-0.05, 0) is 24.3 Å². The molecule has 1 amide bonds. The lowest BCUT2D eigenvalue weighted by molar-refractivity contribution is 0.102. The van der Waals surface area contributed by atoms with Gasteiger partial charge in [0.1, 0.15) is 17.3 Å². The Morgan fingerprint density at radius 1 is 1.07 bits per heavy atom. The number of hydrogen-bond acceptors (Lipinski definition) is 7. The van der Waals surface area contributed by atoms with Crippen molar-refractivity contribution in [3.63, 3.8) is 0 Å². The van der Waals surface area contributed by atoms with Gasteiger partial charge in [0.15, 0.2) is 11.5 Å². The minimum atomic E-state index is -0.370. The summed E-state index contributed by atoms with van der Waals surface area (Å²) in [6.07, 6.45) is 2.89. The first-order valence-corrected chi connectivity index (χ1v) is 8.16. The Hall–Kier alpha value is -3.81. The molecule has 8 nitrogen and oxygen atoms in total. The van der Waals surface area contributed by atoms with Crippen LogP contribution in [0.5, 0.6) is 17.2 Å². The number of fused-ring (bicyclic) bond motifs is 1. The molecule has 3 aromatic rings. The molecule has 1 aliphatic heterocycles. The number of para-hydroxylation sites is 2. The average molecular weight is 364 g/mol. The number of amides is 1. The van der Waals surface area contributed by atoms with Crippen LogP contribution in [0, 0.1) is 0 Å². The fourth-order valence-electron chi connectivity index (χ4n) is 2.57. The quantitative estimate of drug-likeness (QED) is 0.718. The molecule has 1 aromatic heterocycles. The zero-order valence-electron chi connectivity index (χ0n) is 14.4. The maximum Gasteiger partial charge on any atom is 0.275 e. The van der Waals surface area contributed by atoms with Crippen molar-refractivity contribution in [2.45, 2.75) is 0 Å². The van der Waals surface area contributed by atoms with Crippen LogP contribution in [0.1, 0.15) is 10.5 Å². The van der Waals surface area contributed by atoms with Gasteiger partial charge in [-0.2, -0.15) is 0 Å². The summed E-state index contributed by atoms with van der Waals surface area (Å²) in [5.41, 5.74) is 1.53. The van der Waals surface area contributed by atoms with Crippen LogP contribution in [0.15, 0.2) is 54.9 Å². The molecule has 27 heavy (non-hydrogen) atoms. The molecule has 1 aliphatic rings. The molecule has 0 radical (unpaired) electrons. The summed E-state index contributed by atoms with van der Waals surface area (Å²) in [4.78, 5) is 20.8. The van der Waals surface area contributed by atoms with Gasteiger partial charge in [0.05, 0.1) is 25.2 Å². The van der Waals surface area contributed by atoms with E-state index in [2.05, 4.69) is 20.6 Å². The van der Waals surface area contributed by atoms with Gasteiger partial charge in [-0.1, -0.05) is 12.1 Å². The number of rotatable bonds is 5. The molecular formula is C19H16N4O4. The highest BCUT2D eigenvalue weighted by molar-refractivity contribution is 6.02. The monoisotopic (exact) mass is 364 g/mol. The Bertz CT molecular complexity index is 976. The van der Waals surface area contributed by atoms with Crippen molar-refractivity contribution in [1.29, 1.82) is 0 Å². The van der Waals surface area contributed by atoms with Crippen LogP contribution in [0.3, 0.4) is 0 Å². The van der Waals surface area contributed by atoms with Crippen molar-refractivity contribution >= 4 is 23.1 Å². The first-order chi connectivity index (χ1) is 13.2. The Morgan fingerprint density at radius 2 is 1.93 bits per heavy atom. The number of nitrogens with zero attached hydrogens (tertiary/aromatic N) is 2. The van der Waals surface area contributed by atoms with Gasteiger partial charge >= 0.3 is 0 Å². The number of aromatic nitrogens is 2. The van der Waals surface area contributed by atoms with E-state index in [4.69, 9.17) is 14.2 Å². The molecule has 0 aliphatic carbocycles. The van der Waals surface area contributed by atoms with Crippen molar-refractivity contribution in [3.05, 3.63) is 60.6 Å². The minimum absolute atomic E-state index is 0.179. The second-order valence-electron chi connectivity index (χ2n) is 5.63. The Balaban J connectivity index is 1.44. The van der Waals surface area contributed by atoms with Gasteiger partial charge in [-0.25, -0.2) is 9.97 Å². The molecule has 0 atom stereocenters. The molecule has 2 N–H and O–H groups in total. The molecule has 0 spiro atoms. The van der Waals surface area contributed by atoms with Crippen LogP contribution in [0.25, 0.3) is 0 Å². The van der Waals surface area contributed by atoms with Crippen LogP contribution >= 0.6 is 0 Å². The molecule has 0 fully saturated rings. The molecule has 8 heteroatoms. The fourth-order valence-corrected chi connectivity index (χ4v) is 2.57. The summed E-state index contributed by atoms with van der Waals surface area (Å²) >= 11 is 0. The van der Waals surface area contributed by atoms with Crippen molar-refractivity contribution in [3.8, 4) is 17.2 Å². The number of anilines is 3. The topological polar surface area (TPSA) is 94.6 Å². The van der Waals surface area contributed by atoms with E-state index in [1.165, 1.54) is 12.4 Å². The van der Waals surface area contributed by atoms with Crippen LogP contribution in [0.4, 0.5) is 17.2 Å². The standard InChI is InChI=1S/C19H16N4O4/c1-25-15-5-3-2-4-13(15)23-18-10-20-14(9-21-18)19(24)22-12-6-7-16-17(8-12)27-11-26-16/h2-10H,11H2,1H3,(H,21,23)(H,22,24). The third-order valence-electron chi connectivity index (χ3n) is 3.88. The third kappa shape index (κ3) is 3.59. The maximum atomic E-state index is 12.4. The molecule has 0 saturated heterocycles. The number of ether oxygens (including phenoxy) is 3. The number of methoxy groups -OCH3 is 1. The lowest BCUT2D eigenvalue weighted by Gasteiger charge is -2.10. The zero-order chi connectivity index (χ0) is 18.6. The average Bonchev–Trinajstić information content (AvgIpc) is 3.17. The Morgan fingerprint density at radius 3 is 2.74 bits per heavy atom. The normalized spacial score (nSPS) is 11.7. The van der Waals surface area contributed by atoms with Crippen molar-refractivity contribution in [2.75, 3.05) is 24.5 Å². The second-order valence-corrected chi connectivity index (χ2v) is 5.63. The second kappa shape index (κ2) is 7.20. The van der Waals surface area contributed by atoms with E-state index in [-0.39, 0.29) is 18.4 Å². The smallest absolute Gasteiger partial charge is 0.275 e. The summed E-state index contributed by atoms with van der Waals surface area (Å²) in [7, 11) is 1.59. The molecule has 0 bridgehead atoms. The minimum Gasteiger partial charge on any atom is -0.495 e.